The summed E-state index contributed by atoms with van der Waals surface area (Å²) in [6.07, 6.45) is 0.713. The Hall–Kier alpha value is -1.01. The van der Waals surface area contributed by atoms with Gasteiger partial charge in [-0.25, -0.2) is 18.4 Å². The van der Waals surface area contributed by atoms with E-state index in [4.69, 9.17) is 0 Å². The fourth-order valence-corrected chi connectivity index (χ4v) is 3.54. The summed E-state index contributed by atoms with van der Waals surface area (Å²) in [6.45, 7) is 3.90. The van der Waals surface area contributed by atoms with Crippen molar-refractivity contribution in [1.29, 1.82) is 0 Å². The van der Waals surface area contributed by atoms with Crippen molar-refractivity contribution < 1.29 is 8.42 Å². The van der Waals surface area contributed by atoms with Gasteiger partial charge in [-0.3, -0.25) is 0 Å². The Morgan fingerprint density at radius 1 is 1.35 bits per heavy atom. The van der Waals surface area contributed by atoms with Gasteiger partial charge in [-0.15, -0.1) is 0 Å². The molecule has 17 heavy (non-hydrogen) atoms. The highest BCUT2D eigenvalue weighted by Crippen LogP contribution is 2.25. The second kappa shape index (κ2) is 4.34. The van der Waals surface area contributed by atoms with E-state index in [0.29, 0.717) is 12.1 Å². The third kappa shape index (κ3) is 2.63. The van der Waals surface area contributed by atoms with Gasteiger partial charge in [-0.1, -0.05) is 0 Å². The molecule has 1 aromatic heterocycles. The Labute approximate surface area is 102 Å². The van der Waals surface area contributed by atoms with Gasteiger partial charge in [-0.2, -0.15) is 0 Å². The predicted molar refractivity (Wildman–Crippen MR) is 65.3 cm³/mol. The molecule has 1 aromatic rings. The number of rotatable bonds is 3. The number of likely N-dealkylation sites (N-methyl/N-ethyl adjacent to an activating group) is 1. The van der Waals surface area contributed by atoms with Gasteiger partial charge in [-0.05, 0) is 20.9 Å². The average molecular weight is 255 g/mol. The van der Waals surface area contributed by atoms with Crippen molar-refractivity contribution in [3.05, 3.63) is 22.8 Å². The van der Waals surface area contributed by atoms with E-state index < -0.39 is 9.84 Å². The molecule has 5 nitrogen and oxygen atoms in total. The molecule has 0 amide bonds. The highest BCUT2D eigenvalue weighted by Gasteiger charge is 2.28. The fraction of sp³-hybridized carbons (Fsp3) is 0.636. The SMILES string of the molecule is CNC(C)Cc1nc(C)c2c(n1)CS(=O)(=O)C2. The molecule has 1 N–H and O–H groups in total. The van der Waals surface area contributed by atoms with Gasteiger partial charge in [0.2, 0.25) is 0 Å². The van der Waals surface area contributed by atoms with E-state index in [0.717, 1.165) is 17.1 Å². The first-order valence-electron chi connectivity index (χ1n) is 5.64. The van der Waals surface area contributed by atoms with Crippen LogP contribution in [0.2, 0.25) is 0 Å². The monoisotopic (exact) mass is 255 g/mol. The zero-order valence-electron chi connectivity index (χ0n) is 10.3. The number of aryl methyl sites for hydroxylation is 1. The second-order valence-corrected chi connectivity index (χ2v) is 6.64. The van der Waals surface area contributed by atoms with Gasteiger partial charge in [0, 0.05) is 23.7 Å². The number of hydrogen-bond acceptors (Lipinski definition) is 5. The van der Waals surface area contributed by atoms with Crippen molar-refractivity contribution in [2.75, 3.05) is 7.05 Å². The molecule has 0 aromatic carbocycles. The number of nitrogens with one attached hydrogen (secondary N) is 1. The second-order valence-electron chi connectivity index (χ2n) is 4.58. The third-order valence-corrected chi connectivity index (χ3v) is 4.49. The summed E-state index contributed by atoms with van der Waals surface area (Å²) in [5, 5.41) is 3.12. The molecule has 2 rings (SSSR count). The molecule has 0 fully saturated rings. The van der Waals surface area contributed by atoms with Crippen LogP contribution in [-0.2, 0) is 27.8 Å². The standard InChI is InChI=1S/C11H17N3O2S/c1-7(12-3)4-11-13-8(2)9-5-17(15,16)6-10(9)14-11/h7,12H,4-6H2,1-3H3. The summed E-state index contributed by atoms with van der Waals surface area (Å²) in [7, 11) is -1.11. The Morgan fingerprint density at radius 3 is 2.71 bits per heavy atom. The van der Waals surface area contributed by atoms with Gasteiger partial charge in [0.05, 0.1) is 17.2 Å². The van der Waals surface area contributed by atoms with Crippen molar-refractivity contribution in [2.45, 2.75) is 37.8 Å². The molecule has 6 heteroatoms. The smallest absolute Gasteiger partial charge is 0.160 e. The molecule has 0 saturated carbocycles. The van der Waals surface area contributed by atoms with Crippen LogP contribution >= 0.6 is 0 Å². The van der Waals surface area contributed by atoms with E-state index in [1.165, 1.54) is 0 Å². The van der Waals surface area contributed by atoms with E-state index >= 15 is 0 Å². The molecule has 0 saturated heterocycles. The molecule has 0 aliphatic carbocycles. The predicted octanol–water partition coefficient (Wildman–Crippen LogP) is 0.364. The van der Waals surface area contributed by atoms with E-state index in [-0.39, 0.29) is 17.5 Å². The van der Waals surface area contributed by atoms with Gasteiger partial charge in [0.15, 0.2) is 9.84 Å². The molecule has 94 valence electrons. The third-order valence-electron chi connectivity index (χ3n) is 3.05. The summed E-state index contributed by atoms with van der Waals surface area (Å²) in [6, 6.07) is 0.283. The molecule has 1 atom stereocenters. The molecule has 2 heterocycles. The number of fused-ring (bicyclic) bond motifs is 1. The summed E-state index contributed by atoms with van der Waals surface area (Å²) in [4.78, 5) is 8.75. The minimum atomic E-state index is -3.00. The van der Waals surface area contributed by atoms with Crippen molar-refractivity contribution in [3.8, 4) is 0 Å². The topological polar surface area (TPSA) is 72.0 Å². The minimum absolute atomic E-state index is 0.0621. The van der Waals surface area contributed by atoms with Crippen LogP contribution in [0.15, 0.2) is 0 Å². The maximum Gasteiger partial charge on any atom is 0.160 e. The molecular formula is C11H17N3O2S. The first-order valence-corrected chi connectivity index (χ1v) is 7.46. The Morgan fingerprint density at radius 2 is 2.06 bits per heavy atom. The van der Waals surface area contributed by atoms with Crippen LogP contribution in [-0.4, -0.2) is 31.5 Å². The summed E-state index contributed by atoms with van der Waals surface area (Å²) >= 11 is 0. The molecule has 1 aliphatic rings. The first-order chi connectivity index (χ1) is 7.91. The van der Waals surface area contributed by atoms with Gasteiger partial charge in [0.1, 0.15) is 5.82 Å². The summed E-state index contributed by atoms with van der Waals surface area (Å²) < 4.78 is 23.1. The van der Waals surface area contributed by atoms with Crippen molar-refractivity contribution in [2.24, 2.45) is 0 Å². The van der Waals surface area contributed by atoms with E-state index in [1.807, 2.05) is 20.9 Å². The molecule has 0 spiro atoms. The van der Waals surface area contributed by atoms with Crippen LogP contribution in [0.3, 0.4) is 0 Å². The fourth-order valence-electron chi connectivity index (χ4n) is 1.97. The van der Waals surface area contributed by atoms with Crippen LogP contribution in [0.4, 0.5) is 0 Å². The summed E-state index contributed by atoms with van der Waals surface area (Å²) in [5.41, 5.74) is 2.29. The largest absolute Gasteiger partial charge is 0.317 e. The van der Waals surface area contributed by atoms with Crippen LogP contribution in [0.5, 0.6) is 0 Å². The zero-order chi connectivity index (χ0) is 12.6. The van der Waals surface area contributed by atoms with Crippen molar-refractivity contribution in [1.82, 2.24) is 15.3 Å². The van der Waals surface area contributed by atoms with Crippen molar-refractivity contribution >= 4 is 9.84 Å². The lowest BCUT2D eigenvalue weighted by Gasteiger charge is -2.10. The number of aromatic nitrogens is 2. The Kier molecular flexibility index (Phi) is 3.18. The maximum absolute atomic E-state index is 11.5. The highest BCUT2D eigenvalue weighted by molar-refractivity contribution is 7.90. The molecule has 0 radical (unpaired) electrons. The number of sulfone groups is 1. The maximum atomic E-state index is 11.5. The quantitative estimate of drug-likeness (QED) is 0.844. The van der Waals surface area contributed by atoms with Crippen LogP contribution in [0.25, 0.3) is 0 Å². The minimum Gasteiger partial charge on any atom is -0.317 e. The Balaban J connectivity index is 2.34. The van der Waals surface area contributed by atoms with Crippen molar-refractivity contribution in [3.63, 3.8) is 0 Å². The number of nitrogens with zero attached hydrogens (tertiary/aromatic N) is 2. The molecule has 1 aliphatic heterocycles. The van der Waals surface area contributed by atoms with Gasteiger partial charge < -0.3 is 5.32 Å². The molecule has 1 unspecified atom stereocenters. The lowest BCUT2D eigenvalue weighted by Crippen LogP contribution is -2.25. The Bertz CT molecular complexity index is 540. The van der Waals surface area contributed by atoms with Crippen LogP contribution < -0.4 is 5.32 Å². The molecule has 0 bridgehead atoms. The zero-order valence-corrected chi connectivity index (χ0v) is 11.1. The normalized spacial score (nSPS) is 19.0. The van der Waals surface area contributed by atoms with E-state index in [2.05, 4.69) is 15.3 Å². The van der Waals surface area contributed by atoms with Gasteiger partial charge >= 0.3 is 0 Å². The lowest BCUT2D eigenvalue weighted by atomic mass is 10.1. The first kappa shape index (κ1) is 12.4. The lowest BCUT2D eigenvalue weighted by molar-refractivity contribution is 0.588. The molecular weight excluding hydrogens is 238 g/mol. The van der Waals surface area contributed by atoms with Crippen LogP contribution in [0, 0.1) is 6.92 Å². The summed E-state index contributed by atoms with van der Waals surface area (Å²) in [5.74, 6) is 0.878. The van der Waals surface area contributed by atoms with Gasteiger partial charge in [0.25, 0.3) is 0 Å². The average Bonchev–Trinajstić information content (AvgIpc) is 2.53. The number of hydrogen-bond donors (Lipinski definition) is 1. The highest BCUT2D eigenvalue weighted by atomic mass is 32.2. The van der Waals surface area contributed by atoms with E-state index in [9.17, 15) is 8.42 Å². The van der Waals surface area contributed by atoms with Crippen LogP contribution in [0.1, 0.15) is 29.7 Å². The van der Waals surface area contributed by atoms with E-state index in [1.54, 1.807) is 0 Å².